The number of halogens is 1. The lowest BCUT2D eigenvalue weighted by Gasteiger charge is -2.12. The van der Waals surface area contributed by atoms with E-state index in [1.165, 1.54) is 23.4 Å². The van der Waals surface area contributed by atoms with Gasteiger partial charge in [0.2, 0.25) is 0 Å². The van der Waals surface area contributed by atoms with E-state index in [9.17, 15) is 9.18 Å². The zero-order valence-electron chi connectivity index (χ0n) is 18.5. The molecule has 0 amide bonds. The summed E-state index contributed by atoms with van der Waals surface area (Å²) in [6, 6.07) is 22.1. The molecule has 4 aromatic rings. The molecule has 0 saturated heterocycles. The number of aromatic nitrogens is 3. The Balaban J connectivity index is 1.65. The van der Waals surface area contributed by atoms with Crippen molar-refractivity contribution < 1.29 is 13.9 Å². The monoisotopic (exact) mass is 461 g/mol. The van der Waals surface area contributed by atoms with Gasteiger partial charge in [0.25, 0.3) is 0 Å². The average Bonchev–Trinajstić information content (AvgIpc) is 3.24. The normalized spacial score (nSPS) is 10.9. The molecule has 33 heavy (non-hydrogen) atoms. The Morgan fingerprint density at radius 2 is 1.79 bits per heavy atom. The van der Waals surface area contributed by atoms with Gasteiger partial charge in [-0.3, -0.25) is 4.79 Å². The molecule has 1 heterocycles. The first kappa shape index (κ1) is 22.7. The molecule has 0 atom stereocenters. The van der Waals surface area contributed by atoms with Crippen molar-refractivity contribution in [3.63, 3.8) is 0 Å². The topological polar surface area (TPSA) is 57.0 Å². The van der Waals surface area contributed by atoms with Crippen LogP contribution in [0.1, 0.15) is 28.4 Å². The van der Waals surface area contributed by atoms with Crippen molar-refractivity contribution in [2.24, 2.45) is 0 Å². The van der Waals surface area contributed by atoms with Gasteiger partial charge in [-0.25, -0.2) is 4.39 Å². The highest BCUT2D eigenvalue weighted by molar-refractivity contribution is 7.98. The molecule has 4 rings (SSSR count). The number of benzene rings is 3. The number of carbonyl (C=O) groups is 1. The minimum absolute atomic E-state index is 0.00299. The first-order chi connectivity index (χ1) is 16.1. The Morgan fingerprint density at radius 3 is 2.52 bits per heavy atom. The predicted molar refractivity (Wildman–Crippen MR) is 128 cm³/mol. The van der Waals surface area contributed by atoms with Gasteiger partial charge < -0.3 is 9.30 Å². The number of aryl methyl sites for hydroxylation is 1. The van der Waals surface area contributed by atoms with Crippen LogP contribution in [0.25, 0.3) is 11.4 Å². The maximum atomic E-state index is 14.6. The zero-order valence-corrected chi connectivity index (χ0v) is 19.3. The number of ether oxygens (including phenoxy) is 1. The Bertz CT molecular complexity index is 1260. The van der Waals surface area contributed by atoms with Crippen molar-refractivity contribution in [2.75, 3.05) is 7.11 Å². The predicted octanol–water partition coefficient (Wildman–Crippen LogP) is 5.83. The molecule has 0 aliphatic carbocycles. The van der Waals surface area contributed by atoms with Gasteiger partial charge in [-0.2, -0.15) is 0 Å². The number of ketones is 1. The fourth-order valence-electron chi connectivity index (χ4n) is 3.58. The lowest BCUT2D eigenvalue weighted by Crippen LogP contribution is -2.06. The van der Waals surface area contributed by atoms with Gasteiger partial charge in [0.05, 0.1) is 12.7 Å². The van der Waals surface area contributed by atoms with E-state index in [0.717, 1.165) is 12.0 Å². The van der Waals surface area contributed by atoms with Crippen LogP contribution in [0.2, 0.25) is 0 Å². The highest BCUT2D eigenvalue weighted by Crippen LogP contribution is 2.31. The summed E-state index contributed by atoms with van der Waals surface area (Å²) in [4.78, 5) is 11.8. The molecular formula is C26H24FN3O2S. The van der Waals surface area contributed by atoms with E-state index >= 15 is 0 Å². The van der Waals surface area contributed by atoms with E-state index in [1.54, 1.807) is 44.4 Å². The van der Waals surface area contributed by atoms with Crippen LogP contribution in [-0.2, 0) is 18.7 Å². The van der Waals surface area contributed by atoms with Gasteiger partial charge in [0.15, 0.2) is 16.8 Å². The van der Waals surface area contributed by atoms with E-state index in [0.29, 0.717) is 40.2 Å². The van der Waals surface area contributed by atoms with Crippen molar-refractivity contribution in [1.82, 2.24) is 14.8 Å². The second-order valence-electron chi connectivity index (χ2n) is 7.54. The Kier molecular flexibility index (Phi) is 7.19. The van der Waals surface area contributed by atoms with Gasteiger partial charge in [-0.05, 0) is 49.2 Å². The maximum absolute atomic E-state index is 14.6. The zero-order chi connectivity index (χ0) is 23.2. The molecule has 0 saturated carbocycles. The van der Waals surface area contributed by atoms with Crippen LogP contribution in [0.5, 0.6) is 5.75 Å². The smallest absolute Gasteiger partial charge is 0.191 e. The minimum Gasteiger partial charge on any atom is -0.496 e. The number of hydrogen-bond acceptors (Lipinski definition) is 5. The van der Waals surface area contributed by atoms with E-state index in [4.69, 9.17) is 4.74 Å². The maximum Gasteiger partial charge on any atom is 0.191 e. The molecule has 0 aliphatic rings. The average molecular weight is 462 g/mol. The van der Waals surface area contributed by atoms with Gasteiger partial charge >= 0.3 is 0 Å². The summed E-state index contributed by atoms with van der Waals surface area (Å²) in [5, 5.41) is 9.38. The first-order valence-corrected chi connectivity index (χ1v) is 11.6. The SMILES string of the molecule is COc1ccc(C(C)=O)cc1CSc1nnc(-c2ccccc2F)n1CCc1ccccc1. The highest BCUT2D eigenvalue weighted by atomic mass is 32.2. The number of nitrogens with zero attached hydrogens (tertiary/aromatic N) is 3. The third kappa shape index (κ3) is 5.31. The van der Waals surface area contributed by atoms with E-state index < -0.39 is 0 Å². The van der Waals surface area contributed by atoms with Crippen LogP contribution in [-0.4, -0.2) is 27.7 Å². The molecule has 0 unspecified atom stereocenters. The number of thioether (sulfide) groups is 1. The van der Waals surface area contributed by atoms with Crippen LogP contribution in [0.3, 0.4) is 0 Å². The third-order valence-electron chi connectivity index (χ3n) is 5.34. The molecule has 0 aliphatic heterocycles. The summed E-state index contributed by atoms with van der Waals surface area (Å²) >= 11 is 1.48. The van der Waals surface area contributed by atoms with Crippen molar-refractivity contribution in [1.29, 1.82) is 0 Å². The van der Waals surface area contributed by atoms with E-state index in [-0.39, 0.29) is 11.6 Å². The molecular weight excluding hydrogens is 437 g/mol. The van der Waals surface area contributed by atoms with Crippen LogP contribution in [0.15, 0.2) is 78.0 Å². The van der Waals surface area contributed by atoms with Crippen LogP contribution < -0.4 is 4.74 Å². The van der Waals surface area contributed by atoms with E-state index in [1.807, 2.05) is 28.8 Å². The van der Waals surface area contributed by atoms with Gasteiger partial charge in [0.1, 0.15) is 11.6 Å². The lowest BCUT2D eigenvalue weighted by atomic mass is 10.1. The summed E-state index contributed by atoms with van der Waals surface area (Å²) in [5.74, 6) is 1.40. The van der Waals surface area contributed by atoms with Crippen molar-refractivity contribution >= 4 is 17.5 Å². The minimum atomic E-state index is -0.335. The van der Waals surface area contributed by atoms with Crippen molar-refractivity contribution in [3.05, 3.63) is 95.3 Å². The second kappa shape index (κ2) is 10.4. The summed E-state index contributed by atoms with van der Waals surface area (Å²) in [6.45, 7) is 2.15. The molecule has 3 aromatic carbocycles. The van der Waals surface area contributed by atoms with Gasteiger partial charge in [-0.15, -0.1) is 10.2 Å². The molecule has 0 radical (unpaired) electrons. The summed E-state index contributed by atoms with van der Waals surface area (Å²) in [6.07, 6.45) is 0.761. The first-order valence-electron chi connectivity index (χ1n) is 10.6. The molecule has 0 spiro atoms. The number of Topliss-reactive ketones (excluding diaryl/α,β-unsaturated/α-hetero) is 1. The molecule has 1 aromatic heterocycles. The molecule has 5 nitrogen and oxygen atoms in total. The molecule has 0 fully saturated rings. The number of hydrogen-bond donors (Lipinski definition) is 0. The molecule has 168 valence electrons. The van der Waals surface area contributed by atoms with Crippen LogP contribution in [0, 0.1) is 5.82 Å². The van der Waals surface area contributed by atoms with Gasteiger partial charge in [-0.1, -0.05) is 54.2 Å². The summed E-state index contributed by atoms with van der Waals surface area (Å²) in [7, 11) is 1.61. The fraction of sp³-hybridized carbons (Fsp3) is 0.192. The third-order valence-corrected chi connectivity index (χ3v) is 6.36. The molecule has 0 bridgehead atoms. The summed E-state index contributed by atoms with van der Waals surface area (Å²) in [5.41, 5.74) is 3.11. The Hall–Kier alpha value is -3.45. The quantitative estimate of drug-likeness (QED) is 0.232. The number of rotatable bonds is 9. The Morgan fingerprint density at radius 1 is 1.03 bits per heavy atom. The molecule has 0 N–H and O–H groups in total. The largest absolute Gasteiger partial charge is 0.496 e. The lowest BCUT2D eigenvalue weighted by molar-refractivity contribution is 0.101. The highest BCUT2D eigenvalue weighted by Gasteiger charge is 2.18. The van der Waals surface area contributed by atoms with Crippen molar-refractivity contribution in [3.8, 4) is 17.1 Å². The Labute approximate surface area is 196 Å². The van der Waals surface area contributed by atoms with Crippen LogP contribution in [0.4, 0.5) is 4.39 Å². The number of methoxy groups -OCH3 is 1. The van der Waals surface area contributed by atoms with Gasteiger partial charge in [0, 0.05) is 23.4 Å². The molecule has 7 heteroatoms. The second-order valence-corrected chi connectivity index (χ2v) is 8.49. The standard InChI is InChI=1S/C26H24FN3O2S/c1-18(31)20-12-13-24(32-2)21(16-20)17-33-26-29-28-25(22-10-6-7-11-23(22)27)30(26)15-14-19-8-4-3-5-9-19/h3-13,16H,14-15,17H2,1-2H3. The van der Waals surface area contributed by atoms with Crippen molar-refractivity contribution in [2.45, 2.75) is 30.8 Å². The summed E-state index contributed by atoms with van der Waals surface area (Å²) < 4.78 is 22.0. The fourth-order valence-corrected chi connectivity index (χ4v) is 4.52. The van der Waals surface area contributed by atoms with Crippen LogP contribution >= 0.6 is 11.8 Å². The van der Waals surface area contributed by atoms with E-state index in [2.05, 4.69) is 22.3 Å². The number of carbonyl (C=O) groups excluding carboxylic acids is 1.